The summed E-state index contributed by atoms with van der Waals surface area (Å²) in [6, 6.07) is 7.24. The number of halogens is 1. The van der Waals surface area contributed by atoms with Crippen LogP contribution in [0.2, 0.25) is 5.02 Å². The maximum atomic E-state index is 13.0. The number of anilines is 3. The van der Waals surface area contributed by atoms with Gasteiger partial charge in [-0.25, -0.2) is 4.98 Å². The summed E-state index contributed by atoms with van der Waals surface area (Å²) in [4.78, 5) is 36.1. The van der Waals surface area contributed by atoms with Gasteiger partial charge in [0.25, 0.3) is 11.5 Å². The number of carbonyl (C=O) groups is 1. The molecule has 3 heterocycles. The molecule has 0 bridgehead atoms. The summed E-state index contributed by atoms with van der Waals surface area (Å²) in [5.41, 5.74) is 1.60. The number of aromatic nitrogens is 3. The van der Waals surface area contributed by atoms with Crippen LogP contribution in [0.4, 0.5) is 17.5 Å². The number of allylic oxidation sites excluding steroid dienone is 2. The first-order chi connectivity index (χ1) is 18.8. The molecular weight excluding hydrogens is 516 g/mol. The Balaban J connectivity index is 0.00000172. The highest BCUT2D eigenvalue weighted by Gasteiger charge is 2.36. The molecule has 1 amide bonds. The van der Waals surface area contributed by atoms with Crippen LogP contribution in [-0.4, -0.2) is 47.2 Å². The minimum Gasteiger partial charge on any atom is -0.478 e. The van der Waals surface area contributed by atoms with Gasteiger partial charge >= 0.3 is 0 Å². The first kappa shape index (κ1) is 28.4. The molecule has 1 saturated heterocycles. The fraction of sp³-hybridized carbons (Fsp3) is 0.448. The molecule has 0 unspecified atom stereocenters. The normalized spacial score (nSPS) is 15.5. The molecule has 2 aromatic heterocycles. The number of benzene rings is 1. The summed E-state index contributed by atoms with van der Waals surface area (Å²) in [5, 5.41) is 7.01. The lowest BCUT2D eigenvalue weighted by atomic mass is 9.69. The largest absolute Gasteiger partial charge is 0.478 e. The number of carbonyl (C=O) groups excluding carboxylic acids is 1. The summed E-state index contributed by atoms with van der Waals surface area (Å²) >= 11 is 6.46. The average molecular weight is 553 g/mol. The van der Waals surface area contributed by atoms with Crippen molar-refractivity contribution in [2.24, 2.45) is 5.41 Å². The average Bonchev–Trinajstić information content (AvgIpc) is 2.93. The summed E-state index contributed by atoms with van der Waals surface area (Å²) in [6.45, 7) is 9.45. The van der Waals surface area contributed by atoms with Gasteiger partial charge in [0.15, 0.2) is 18.2 Å². The van der Waals surface area contributed by atoms with Gasteiger partial charge in [-0.3, -0.25) is 9.59 Å². The van der Waals surface area contributed by atoms with Gasteiger partial charge in [0.05, 0.1) is 11.7 Å². The lowest BCUT2D eigenvalue weighted by Crippen LogP contribution is -2.41. The van der Waals surface area contributed by atoms with Gasteiger partial charge in [0.1, 0.15) is 5.02 Å². The SMILES string of the molecule is CC.CNC(=O)COc1cc2cc(Nc3nc(N4CCC5(C=CC5)CC4)ncc3Cl)ccc2n(C(C)C)c1=O. The highest BCUT2D eigenvalue weighted by molar-refractivity contribution is 6.32. The maximum Gasteiger partial charge on any atom is 0.293 e. The van der Waals surface area contributed by atoms with Gasteiger partial charge in [-0.15, -0.1) is 0 Å². The van der Waals surface area contributed by atoms with E-state index in [1.54, 1.807) is 16.8 Å². The van der Waals surface area contributed by atoms with Gasteiger partial charge in [-0.05, 0) is 62.8 Å². The van der Waals surface area contributed by atoms with Gasteiger partial charge in [-0.2, -0.15) is 4.98 Å². The molecule has 10 heteroatoms. The van der Waals surface area contributed by atoms with E-state index in [2.05, 4.69) is 32.7 Å². The Labute approximate surface area is 234 Å². The zero-order chi connectivity index (χ0) is 28.2. The second-order valence-corrected chi connectivity index (χ2v) is 10.4. The van der Waals surface area contributed by atoms with Crippen molar-refractivity contribution in [3.05, 3.63) is 58.0 Å². The standard InChI is InChI=1S/C27H31ClN6O3.C2H6/c1-17(2)34-21-6-5-19(13-18(21)14-22(25(34)36)37-16-23(35)29-3)31-24-20(28)15-30-26(32-24)33-11-9-27(10-12-33)7-4-8-27;1-2/h4-7,13-15,17H,8-12,16H2,1-3H3,(H,29,35)(H,30,31,32);1-2H3. The second-order valence-electron chi connectivity index (χ2n) is 9.96. The molecule has 208 valence electrons. The number of nitrogens with zero attached hydrogens (tertiary/aromatic N) is 4. The zero-order valence-electron chi connectivity index (χ0n) is 23.3. The maximum absolute atomic E-state index is 13.0. The van der Waals surface area contributed by atoms with E-state index in [0.717, 1.165) is 42.5 Å². The molecule has 1 spiro atoms. The van der Waals surface area contributed by atoms with Gasteiger partial charge in [0, 0.05) is 37.3 Å². The molecule has 0 atom stereocenters. The Morgan fingerprint density at radius 3 is 2.54 bits per heavy atom. The smallest absolute Gasteiger partial charge is 0.293 e. The van der Waals surface area contributed by atoms with Crippen molar-refractivity contribution in [2.75, 3.05) is 37.0 Å². The number of nitrogens with one attached hydrogen (secondary N) is 2. The van der Waals surface area contributed by atoms with Crippen molar-refractivity contribution in [1.29, 1.82) is 0 Å². The van der Waals surface area contributed by atoms with E-state index in [1.165, 1.54) is 13.5 Å². The van der Waals surface area contributed by atoms with Crippen LogP contribution in [0.3, 0.4) is 0 Å². The van der Waals surface area contributed by atoms with E-state index >= 15 is 0 Å². The number of piperidine rings is 1. The van der Waals surface area contributed by atoms with Crippen molar-refractivity contribution >= 4 is 45.9 Å². The summed E-state index contributed by atoms with van der Waals surface area (Å²) in [7, 11) is 1.52. The third kappa shape index (κ3) is 6.03. The molecule has 1 aliphatic carbocycles. The van der Waals surface area contributed by atoms with Crippen molar-refractivity contribution < 1.29 is 9.53 Å². The van der Waals surface area contributed by atoms with Crippen LogP contribution in [-0.2, 0) is 4.79 Å². The summed E-state index contributed by atoms with van der Waals surface area (Å²) < 4.78 is 7.22. The van der Waals surface area contributed by atoms with Crippen LogP contribution in [0.5, 0.6) is 5.75 Å². The molecule has 1 aliphatic heterocycles. The van der Waals surface area contributed by atoms with Gasteiger partial charge < -0.3 is 24.8 Å². The monoisotopic (exact) mass is 552 g/mol. The Kier molecular flexibility index (Phi) is 8.80. The highest BCUT2D eigenvalue weighted by Crippen LogP contribution is 2.43. The minimum atomic E-state index is -0.312. The third-order valence-corrected chi connectivity index (χ3v) is 7.47. The van der Waals surface area contributed by atoms with Crippen LogP contribution >= 0.6 is 11.6 Å². The van der Waals surface area contributed by atoms with Crippen molar-refractivity contribution in [2.45, 2.75) is 53.0 Å². The second kappa shape index (κ2) is 12.1. The molecule has 0 saturated carbocycles. The van der Waals surface area contributed by atoms with E-state index in [9.17, 15) is 9.59 Å². The first-order valence-corrected chi connectivity index (χ1v) is 13.9. The van der Waals surface area contributed by atoms with E-state index in [-0.39, 0.29) is 29.9 Å². The fourth-order valence-electron chi connectivity index (χ4n) is 4.94. The molecule has 2 aliphatic rings. The number of rotatable bonds is 7. The van der Waals surface area contributed by atoms with Crippen molar-refractivity contribution in [3.63, 3.8) is 0 Å². The Morgan fingerprint density at radius 2 is 1.92 bits per heavy atom. The van der Waals surface area contributed by atoms with Crippen molar-refractivity contribution in [1.82, 2.24) is 19.9 Å². The molecule has 3 aromatic rings. The highest BCUT2D eigenvalue weighted by atomic mass is 35.5. The molecule has 39 heavy (non-hydrogen) atoms. The molecule has 1 aromatic carbocycles. The van der Waals surface area contributed by atoms with Crippen LogP contribution < -0.4 is 25.8 Å². The first-order valence-electron chi connectivity index (χ1n) is 13.5. The number of pyridine rings is 1. The number of hydrogen-bond donors (Lipinski definition) is 2. The molecule has 1 fully saturated rings. The Hall–Kier alpha value is -3.59. The van der Waals surface area contributed by atoms with Crippen LogP contribution in [0.1, 0.15) is 53.0 Å². The van der Waals surface area contributed by atoms with Gasteiger partial charge in [0.2, 0.25) is 5.95 Å². The lowest BCUT2D eigenvalue weighted by molar-refractivity contribution is -0.122. The predicted octanol–water partition coefficient (Wildman–Crippen LogP) is 5.47. The van der Waals surface area contributed by atoms with E-state index < -0.39 is 0 Å². The summed E-state index contributed by atoms with van der Waals surface area (Å²) in [5.74, 6) is 0.981. The summed E-state index contributed by atoms with van der Waals surface area (Å²) in [6.07, 6.45) is 9.59. The van der Waals surface area contributed by atoms with Crippen LogP contribution in [0.25, 0.3) is 10.9 Å². The number of amides is 1. The van der Waals surface area contributed by atoms with Crippen LogP contribution in [0, 0.1) is 5.41 Å². The van der Waals surface area contributed by atoms with Crippen LogP contribution in [0.15, 0.2) is 47.4 Å². The molecule has 9 nitrogen and oxygen atoms in total. The number of fused-ring (bicyclic) bond motifs is 1. The molecule has 0 radical (unpaired) electrons. The predicted molar refractivity (Wildman–Crippen MR) is 157 cm³/mol. The third-order valence-electron chi connectivity index (χ3n) is 7.19. The molecule has 5 rings (SSSR count). The topological polar surface area (TPSA) is 101 Å². The number of hydrogen-bond acceptors (Lipinski definition) is 7. The Morgan fingerprint density at radius 1 is 1.21 bits per heavy atom. The lowest BCUT2D eigenvalue weighted by Gasteiger charge is -2.43. The molecular formula is C29H37ClN6O3. The Bertz CT molecular complexity index is 1430. The minimum absolute atomic E-state index is 0.102. The number of ether oxygens (including phenoxy) is 1. The van der Waals surface area contributed by atoms with Gasteiger partial charge in [-0.1, -0.05) is 37.6 Å². The van der Waals surface area contributed by atoms with E-state index in [1.807, 2.05) is 45.9 Å². The zero-order valence-corrected chi connectivity index (χ0v) is 24.0. The fourth-order valence-corrected chi connectivity index (χ4v) is 5.08. The quantitative estimate of drug-likeness (QED) is 0.375. The van der Waals surface area contributed by atoms with E-state index in [0.29, 0.717) is 22.2 Å². The van der Waals surface area contributed by atoms with Crippen molar-refractivity contribution in [3.8, 4) is 5.75 Å². The number of likely N-dealkylation sites (N-methyl/N-ethyl adjacent to an activating group) is 1. The van der Waals surface area contributed by atoms with E-state index in [4.69, 9.17) is 21.3 Å². The molecule has 2 N–H and O–H groups in total.